The molecule has 0 spiro atoms. The van der Waals surface area contributed by atoms with E-state index < -0.39 is 5.60 Å². The zero-order chi connectivity index (χ0) is 13.9. The lowest BCUT2D eigenvalue weighted by Crippen LogP contribution is -2.54. The Labute approximate surface area is 119 Å². The summed E-state index contributed by atoms with van der Waals surface area (Å²) in [5.74, 6) is 1.56. The van der Waals surface area contributed by atoms with E-state index in [1.165, 1.54) is 38.5 Å². The SMILES string of the molecule is CC(C)C1CCC(O)(C2(CN)CCCCCC2)CC1. The van der Waals surface area contributed by atoms with Crippen molar-refractivity contribution in [3.05, 3.63) is 0 Å². The summed E-state index contributed by atoms with van der Waals surface area (Å²) in [6, 6.07) is 0. The molecule has 0 amide bonds. The topological polar surface area (TPSA) is 46.2 Å². The summed E-state index contributed by atoms with van der Waals surface area (Å²) in [4.78, 5) is 0. The number of aliphatic hydroxyl groups is 1. The van der Waals surface area contributed by atoms with Crippen LogP contribution in [0.4, 0.5) is 0 Å². The van der Waals surface area contributed by atoms with Crippen molar-refractivity contribution >= 4 is 0 Å². The Morgan fingerprint density at radius 3 is 1.95 bits per heavy atom. The Balaban J connectivity index is 2.09. The lowest BCUT2D eigenvalue weighted by Gasteiger charge is -2.51. The van der Waals surface area contributed by atoms with Gasteiger partial charge in [-0.2, -0.15) is 0 Å². The molecule has 0 aliphatic heterocycles. The van der Waals surface area contributed by atoms with Gasteiger partial charge in [-0.3, -0.25) is 0 Å². The van der Waals surface area contributed by atoms with Gasteiger partial charge >= 0.3 is 0 Å². The van der Waals surface area contributed by atoms with Crippen LogP contribution in [0.1, 0.15) is 78.1 Å². The molecule has 0 aromatic carbocycles. The Kier molecular flexibility index (Phi) is 4.94. The fourth-order valence-corrected chi connectivity index (χ4v) is 4.58. The molecule has 112 valence electrons. The van der Waals surface area contributed by atoms with Gasteiger partial charge in [0, 0.05) is 12.0 Å². The molecule has 2 aliphatic rings. The van der Waals surface area contributed by atoms with Crippen LogP contribution in [0.2, 0.25) is 0 Å². The van der Waals surface area contributed by atoms with Gasteiger partial charge in [0.2, 0.25) is 0 Å². The molecule has 0 heterocycles. The second-order valence-electron chi connectivity index (χ2n) is 7.51. The highest BCUT2D eigenvalue weighted by Gasteiger charge is 2.50. The summed E-state index contributed by atoms with van der Waals surface area (Å²) < 4.78 is 0. The van der Waals surface area contributed by atoms with E-state index in [1.807, 2.05) is 0 Å². The molecule has 0 aromatic rings. The zero-order valence-corrected chi connectivity index (χ0v) is 13.0. The van der Waals surface area contributed by atoms with Gasteiger partial charge in [0.1, 0.15) is 0 Å². The van der Waals surface area contributed by atoms with Crippen molar-refractivity contribution in [2.45, 2.75) is 83.7 Å². The minimum absolute atomic E-state index is 0.0193. The van der Waals surface area contributed by atoms with Gasteiger partial charge < -0.3 is 10.8 Å². The van der Waals surface area contributed by atoms with E-state index in [2.05, 4.69) is 13.8 Å². The molecule has 0 radical (unpaired) electrons. The highest BCUT2D eigenvalue weighted by molar-refractivity contribution is 5.02. The molecule has 0 bridgehead atoms. The fraction of sp³-hybridized carbons (Fsp3) is 1.00. The van der Waals surface area contributed by atoms with Gasteiger partial charge in [-0.25, -0.2) is 0 Å². The van der Waals surface area contributed by atoms with Crippen LogP contribution in [-0.4, -0.2) is 17.3 Å². The Morgan fingerprint density at radius 1 is 1.00 bits per heavy atom. The quantitative estimate of drug-likeness (QED) is 0.763. The largest absolute Gasteiger partial charge is 0.389 e. The maximum Gasteiger partial charge on any atom is 0.0716 e. The maximum atomic E-state index is 11.3. The molecule has 0 unspecified atom stereocenters. The molecular formula is C17H33NO. The van der Waals surface area contributed by atoms with Gasteiger partial charge in [0.25, 0.3) is 0 Å². The summed E-state index contributed by atoms with van der Waals surface area (Å²) in [5.41, 5.74) is 5.70. The van der Waals surface area contributed by atoms with E-state index >= 15 is 0 Å². The van der Waals surface area contributed by atoms with Crippen molar-refractivity contribution in [2.75, 3.05) is 6.54 Å². The molecule has 2 aliphatic carbocycles. The van der Waals surface area contributed by atoms with Gasteiger partial charge in [0.15, 0.2) is 0 Å². The smallest absolute Gasteiger partial charge is 0.0716 e. The lowest BCUT2D eigenvalue weighted by atomic mass is 9.59. The third-order valence-electron chi connectivity index (χ3n) is 6.24. The van der Waals surface area contributed by atoms with Crippen LogP contribution < -0.4 is 5.73 Å². The number of nitrogens with two attached hydrogens (primary N) is 1. The second kappa shape index (κ2) is 6.13. The molecule has 19 heavy (non-hydrogen) atoms. The Bertz CT molecular complexity index is 271. The minimum Gasteiger partial charge on any atom is -0.389 e. The van der Waals surface area contributed by atoms with Crippen LogP contribution in [0, 0.1) is 17.3 Å². The van der Waals surface area contributed by atoms with Crippen molar-refractivity contribution in [2.24, 2.45) is 23.0 Å². The first-order valence-electron chi connectivity index (χ1n) is 8.45. The van der Waals surface area contributed by atoms with Crippen molar-refractivity contribution in [1.29, 1.82) is 0 Å². The van der Waals surface area contributed by atoms with Crippen LogP contribution >= 0.6 is 0 Å². The highest BCUT2D eigenvalue weighted by Crippen LogP contribution is 2.51. The maximum absolute atomic E-state index is 11.3. The summed E-state index contributed by atoms with van der Waals surface area (Å²) in [6.07, 6.45) is 11.8. The minimum atomic E-state index is -0.475. The molecule has 2 heteroatoms. The average Bonchev–Trinajstić information content (AvgIpc) is 2.65. The van der Waals surface area contributed by atoms with E-state index in [-0.39, 0.29) is 5.41 Å². The number of hydrogen-bond acceptors (Lipinski definition) is 2. The third kappa shape index (κ3) is 3.00. The molecule has 3 N–H and O–H groups in total. The van der Waals surface area contributed by atoms with Crippen molar-refractivity contribution in [3.63, 3.8) is 0 Å². The van der Waals surface area contributed by atoms with Crippen LogP contribution in [0.15, 0.2) is 0 Å². The normalized spacial score (nSPS) is 36.2. The van der Waals surface area contributed by atoms with E-state index in [9.17, 15) is 5.11 Å². The first-order chi connectivity index (χ1) is 9.03. The monoisotopic (exact) mass is 267 g/mol. The number of hydrogen-bond donors (Lipinski definition) is 2. The summed E-state index contributed by atoms with van der Waals surface area (Å²) >= 11 is 0. The highest BCUT2D eigenvalue weighted by atomic mass is 16.3. The molecule has 0 saturated heterocycles. The molecular weight excluding hydrogens is 234 g/mol. The predicted molar refractivity (Wildman–Crippen MR) is 80.9 cm³/mol. The molecule has 2 rings (SSSR count). The molecule has 0 aromatic heterocycles. The first-order valence-corrected chi connectivity index (χ1v) is 8.45. The fourth-order valence-electron chi connectivity index (χ4n) is 4.58. The van der Waals surface area contributed by atoms with Gasteiger partial charge in [0.05, 0.1) is 5.60 Å². The Morgan fingerprint density at radius 2 is 1.53 bits per heavy atom. The van der Waals surface area contributed by atoms with E-state index in [1.54, 1.807) is 0 Å². The Hall–Kier alpha value is -0.0800. The second-order valence-corrected chi connectivity index (χ2v) is 7.51. The third-order valence-corrected chi connectivity index (χ3v) is 6.24. The standard InChI is InChI=1S/C17H33NO/c1-14(2)15-7-11-17(19,12-8-15)16(13-18)9-5-3-4-6-10-16/h14-15,19H,3-13,18H2,1-2H3. The van der Waals surface area contributed by atoms with E-state index in [0.717, 1.165) is 37.5 Å². The van der Waals surface area contributed by atoms with Gasteiger partial charge in [-0.05, 0) is 50.4 Å². The molecule has 2 fully saturated rings. The van der Waals surface area contributed by atoms with Crippen molar-refractivity contribution < 1.29 is 5.11 Å². The van der Waals surface area contributed by atoms with Crippen LogP contribution in [-0.2, 0) is 0 Å². The van der Waals surface area contributed by atoms with Crippen molar-refractivity contribution in [3.8, 4) is 0 Å². The molecule has 0 atom stereocenters. The average molecular weight is 267 g/mol. The molecule has 2 nitrogen and oxygen atoms in total. The van der Waals surface area contributed by atoms with Crippen molar-refractivity contribution in [1.82, 2.24) is 0 Å². The van der Waals surface area contributed by atoms with Gasteiger partial charge in [-0.15, -0.1) is 0 Å². The predicted octanol–water partition coefficient (Wildman–Crippen LogP) is 3.86. The zero-order valence-electron chi connectivity index (χ0n) is 13.0. The summed E-state index contributed by atoms with van der Waals surface area (Å²) in [5, 5.41) is 11.3. The summed E-state index contributed by atoms with van der Waals surface area (Å²) in [7, 11) is 0. The van der Waals surface area contributed by atoms with E-state index in [4.69, 9.17) is 5.73 Å². The first kappa shape index (κ1) is 15.3. The van der Waals surface area contributed by atoms with Gasteiger partial charge in [-0.1, -0.05) is 39.5 Å². The lowest BCUT2D eigenvalue weighted by molar-refractivity contribution is -0.122. The van der Waals surface area contributed by atoms with Crippen LogP contribution in [0.25, 0.3) is 0 Å². The van der Waals surface area contributed by atoms with Crippen LogP contribution in [0.3, 0.4) is 0 Å². The summed E-state index contributed by atoms with van der Waals surface area (Å²) in [6.45, 7) is 5.31. The van der Waals surface area contributed by atoms with Crippen LogP contribution in [0.5, 0.6) is 0 Å². The van der Waals surface area contributed by atoms with E-state index in [0.29, 0.717) is 6.54 Å². The number of rotatable bonds is 3. The molecule has 2 saturated carbocycles.